The van der Waals surface area contributed by atoms with E-state index in [4.69, 9.17) is 0 Å². The average Bonchev–Trinajstić information content (AvgIpc) is 2.26. The standard InChI is InChI=1S/C10H13F3N2O2/c1-7(2)8(16)14-3-5-15(6-4-14)9(17)10(11,12)13/h1,3-6H2,2H3. The van der Waals surface area contributed by atoms with E-state index in [-0.39, 0.29) is 32.1 Å². The molecule has 0 aromatic heterocycles. The van der Waals surface area contributed by atoms with Gasteiger partial charge in [-0.2, -0.15) is 13.2 Å². The fourth-order valence-corrected chi connectivity index (χ4v) is 1.56. The Morgan fingerprint density at radius 2 is 1.47 bits per heavy atom. The van der Waals surface area contributed by atoms with Gasteiger partial charge in [0.2, 0.25) is 5.91 Å². The highest BCUT2D eigenvalue weighted by molar-refractivity contribution is 5.92. The molecular formula is C10H13F3N2O2. The van der Waals surface area contributed by atoms with Crippen molar-refractivity contribution < 1.29 is 22.8 Å². The average molecular weight is 250 g/mol. The van der Waals surface area contributed by atoms with Crippen molar-refractivity contribution in [3.05, 3.63) is 12.2 Å². The number of carbonyl (C=O) groups is 2. The van der Waals surface area contributed by atoms with Gasteiger partial charge >= 0.3 is 12.1 Å². The van der Waals surface area contributed by atoms with Crippen molar-refractivity contribution in [3.8, 4) is 0 Å². The lowest BCUT2D eigenvalue weighted by Gasteiger charge is -2.35. The number of rotatable bonds is 1. The quantitative estimate of drug-likeness (QED) is 0.646. The van der Waals surface area contributed by atoms with Gasteiger partial charge in [0.05, 0.1) is 0 Å². The Balaban J connectivity index is 2.55. The van der Waals surface area contributed by atoms with Gasteiger partial charge < -0.3 is 9.80 Å². The summed E-state index contributed by atoms with van der Waals surface area (Å²) in [6.07, 6.45) is -4.85. The van der Waals surface area contributed by atoms with Gasteiger partial charge in [-0.25, -0.2) is 0 Å². The van der Waals surface area contributed by atoms with Gasteiger partial charge in [0, 0.05) is 31.8 Å². The number of hydrogen-bond donors (Lipinski definition) is 0. The predicted octanol–water partition coefficient (Wildman–Crippen LogP) is 0.796. The summed E-state index contributed by atoms with van der Waals surface area (Å²) in [7, 11) is 0. The minimum Gasteiger partial charge on any atom is -0.335 e. The normalized spacial score (nSPS) is 16.9. The second-order valence-corrected chi connectivity index (χ2v) is 3.86. The lowest BCUT2D eigenvalue weighted by atomic mass is 10.2. The molecule has 1 heterocycles. The maximum absolute atomic E-state index is 12.1. The summed E-state index contributed by atoms with van der Waals surface area (Å²) < 4.78 is 36.4. The second kappa shape index (κ2) is 4.77. The minimum absolute atomic E-state index is 0.0998. The Morgan fingerprint density at radius 1 is 1.06 bits per heavy atom. The lowest BCUT2D eigenvalue weighted by Crippen LogP contribution is -2.53. The van der Waals surface area contributed by atoms with Crippen LogP contribution < -0.4 is 0 Å². The zero-order valence-electron chi connectivity index (χ0n) is 9.38. The first-order valence-electron chi connectivity index (χ1n) is 5.04. The van der Waals surface area contributed by atoms with Crippen molar-refractivity contribution in [1.29, 1.82) is 0 Å². The zero-order valence-corrected chi connectivity index (χ0v) is 9.38. The molecule has 0 aromatic carbocycles. The van der Waals surface area contributed by atoms with Crippen LogP contribution in [0, 0.1) is 0 Å². The molecule has 4 nitrogen and oxygen atoms in total. The number of piperazine rings is 1. The summed E-state index contributed by atoms with van der Waals surface area (Å²) in [5.74, 6) is -2.14. The van der Waals surface area contributed by atoms with Crippen LogP contribution in [0.5, 0.6) is 0 Å². The fraction of sp³-hybridized carbons (Fsp3) is 0.600. The monoisotopic (exact) mass is 250 g/mol. The molecule has 0 radical (unpaired) electrons. The van der Waals surface area contributed by atoms with Crippen molar-refractivity contribution in [2.24, 2.45) is 0 Å². The highest BCUT2D eigenvalue weighted by Crippen LogP contribution is 2.19. The van der Waals surface area contributed by atoms with Crippen LogP contribution in [0.1, 0.15) is 6.92 Å². The van der Waals surface area contributed by atoms with Gasteiger partial charge in [0.15, 0.2) is 0 Å². The van der Waals surface area contributed by atoms with E-state index in [1.165, 1.54) is 11.8 Å². The van der Waals surface area contributed by atoms with Crippen LogP contribution >= 0.6 is 0 Å². The highest BCUT2D eigenvalue weighted by atomic mass is 19.4. The molecule has 1 saturated heterocycles. The first-order valence-corrected chi connectivity index (χ1v) is 5.04. The molecule has 0 saturated carbocycles. The van der Waals surface area contributed by atoms with Crippen molar-refractivity contribution >= 4 is 11.8 Å². The van der Waals surface area contributed by atoms with E-state index < -0.39 is 12.1 Å². The number of alkyl halides is 3. The van der Waals surface area contributed by atoms with Crippen molar-refractivity contribution in [2.45, 2.75) is 13.1 Å². The van der Waals surface area contributed by atoms with Gasteiger partial charge in [-0.05, 0) is 6.92 Å². The molecule has 0 N–H and O–H groups in total. The van der Waals surface area contributed by atoms with Crippen molar-refractivity contribution in [2.75, 3.05) is 26.2 Å². The number of carbonyl (C=O) groups excluding carboxylic acids is 2. The Bertz CT molecular complexity index is 344. The van der Waals surface area contributed by atoms with Gasteiger partial charge in [0.25, 0.3) is 0 Å². The maximum atomic E-state index is 12.1. The SMILES string of the molecule is C=C(C)C(=O)N1CCN(C(=O)C(F)(F)F)CC1. The number of nitrogens with zero attached hydrogens (tertiary/aromatic N) is 2. The fourth-order valence-electron chi connectivity index (χ4n) is 1.56. The topological polar surface area (TPSA) is 40.6 Å². The third-order valence-electron chi connectivity index (χ3n) is 2.46. The van der Waals surface area contributed by atoms with Crippen LogP contribution in [0.25, 0.3) is 0 Å². The Morgan fingerprint density at radius 3 is 1.82 bits per heavy atom. The molecule has 17 heavy (non-hydrogen) atoms. The Kier molecular flexibility index (Phi) is 3.79. The second-order valence-electron chi connectivity index (χ2n) is 3.86. The third kappa shape index (κ3) is 3.21. The molecule has 2 amide bonds. The Hall–Kier alpha value is -1.53. The van der Waals surface area contributed by atoms with E-state index >= 15 is 0 Å². The summed E-state index contributed by atoms with van der Waals surface area (Å²) >= 11 is 0. The molecule has 1 fully saturated rings. The van der Waals surface area contributed by atoms with E-state index in [9.17, 15) is 22.8 Å². The minimum atomic E-state index is -4.85. The van der Waals surface area contributed by atoms with Crippen molar-refractivity contribution in [1.82, 2.24) is 9.80 Å². The molecule has 96 valence electrons. The molecule has 1 aliphatic heterocycles. The van der Waals surface area contributed by atoms with E-state index in [2.05, 4.69) is 6.58 Å². The van der Waals surface area contributed by atoms with Gasteiger partial charge in [0.1, 0.15) is 0 Å². The van der Waals surface area contributed by atoms with Gasteiger partial charge in [-0.15, -0.1) is 0 Å². The van der Waals surface area contributed by atoms with Crippen LogP contribution in [0.15, 0.2) is 12.2 Å². The first kappa shape index (κ1) is 13.5. The van der Waals surface area contributed by atoms with Crippen LogP contribution in [-0.4, -0.2) is 54.0 Å². The third-order valence-corrected chi connectivity index (χ3v) is 2.46. The molecule has 0 spiro atoms. The lowest BCUT2D eigenvalue weighted by molar-refractivity contribution is -0.187. The summed E-state index contributed by atoms with van der Waals surface area (Å²) in [5.41, 5.74) is 0.334. The molecule has 7 heteroatoms. The number of hydrogen-bond acceptors (Lipinski definition) is 2. The summed E-state index contributed by atoms with van der Waals surface area (Å²) in [5, 5.41) is 0. The molecule has 0 atom stereocenters. The van der Waals surface area contributed by atoms with Crippen molar-refractivity contribution in [3.63, 3.8) is 0 Å². The zero-order chi connectivity index (χ0) is 13.2. The predicted molar refractivity (Wildman–Crippen MR) is 54.0 cm³/mol. The molecular weight excluding hydrogens is 237 g/mol. The first-order chi connectivity index (χ1) is 7.73. The maximum Gasteiger partial charge on any atom is 0.471 e. The smallest absolute Gasteiger partial charge is 0.335 e. The van der Waals surface area contributed by atoms with Crippen LogP contribution in [-0.2, 0) is 9.59 Å². The van der Waals surface area contributed by atoms with Gasteiger partial charge in [-0.1, -0.05) is 6.58 Å². The summed E-state index contributed by atoms with van der Waals surface area (Å²) in [6.45, 7) is 5.02. The van der Waals surface area contributed by atoms with E-state index in [0.717, 1.165) is 0 Å². The van der Waals surface area contributed by atoms with Crippen LogP contribution in [0.2, 0.25) is 0 Å². The van der Waals surface area contributed by atoms with Gasteiger partial charge in [-0.3, -0.25) is 9.59 Å². The number of amides is 2. The molecule has 1 aliphatic rings. The van der Waals surface area contributed by atoms with Crippen LogP contribution in [0.4, 0.5) is 13.2 Å². The molecule has 0 bridgehead atoms. The summed E-state index contributed by atoms with van der Waals surface area (Å²) in [4.78, 5) is 24.5. The number of halogens is 3. The molecule has 0 unspecified atom stereocenters. The highest BCUT2D eigenvalue weighted by Gasteiger charge is 2.43. The summed E-state index contributed by atoms with van der Waals surface area (Å²) in [6, 6.07) is 0. The molecule has 0 aliphatic carbocycles. The molecule has 0 aromatic rings. The molecule has 1 rings (SSSR count). The largest absolute Gasteiger partial charge is 0.471 e. The van der Waals surface area contributed by atoms with E-state index in [1.54, 1.807) is 0 Å². The van der Waals surface area contributed by atoms with Crippen LogP contribution in [0.3, 0.4) is 0 Å². The Labute approximate surface area is 96.7 Å². The van der Waals surface area contributed by atoms with E-state index in [1.807, 2.05) is 0 Å². The van der Waals surface area contributed by atoms with E-state index in [0.29, 0.717) is 10.5 Å².